The molecule has 0 bridgehead atoms. The summed E-state index contributed by atoms with van der Waals surface area (Å²) < 4.78 is 3.40. The number of nitrogens with zero attached hydrogens (tertiary/aromatic N) is 3. The molecule has 0 radical (unpaired) electrons. The lowest BCUT2D eigenvalue weighted by atomic mass is 9.97. The van der Waals surface area contributed by atoms with Gasteiger partial charge in [-0.2, -0.15) is 0 Å². The quantitative estimate of drug-likeness (QED) is 0.837. The maximum atomic E-state index is 4.73. The zero-order valence-corrected chi connectivity index (χ0v) is 12.0. The second-order valence-corrected chi connectivity index (χ2v) is 6.22. The topological polar surface area (TPSA) is 21.1 Å². The Bertz CT molecular complexity index is 407. The lowest BCUT2D eigenvalue weighted by Crippen LogP contribution is -2.22. The Morgan fingerprint density at radius 1 is 1.29 bits per heavy atom. The fraction of sp³-hybridized carbons (Fsp3) is 0.769. The molecule has 1 fully saturated rings. The van der Waals surface area contributed by atoms with Gasteiger partial charge in [-0.05, 0) is 60.6 Å². The minimum absolute atomic E-state index is 0.809. The van der Waals surface area contributed by atoms with Gasteiger partial charge in [0.1, 0.15) is 0 Å². The molecule has 0 aliphatic carbocycles. The first kappa shape index (κ1) is 11.7. The molecule has 0 amide bonds. The Balaban J connectivity index is 1.84. The first-order valence-electron chi connectivity index (χ1n) is 6.70. The number of aromatic nitrogens is 2. The normalized spacial score (nSPS) is 25.2. The van der Waals surface area contributed by atoms with E-state index in [1.54, 1.807) is 0 Å². The van der Waals surface area contributed by atoms with E-state index in [0.717, 1.165) is 23.7 Å². The maximum absolute atomic E-state index is 4.73. The van der Waals surface area contributed by atoms with Crippen LogP contribution in [0.2, 0.25) is 0 Å². The summed E-state index contributed by atoms with van der Waals surface area (Å²) in [7, 11) is 0. The zero-order valence-electron chi connectivity index (χ0n) is 10.5. The summed E-state index contributed by atoms with van der Waals surface area (Å²) in [5.41, 5.74) is 2.79. The average molecular weight is 298 g/mol. The van der Waals surface area contributed by atoms with Gasteiger partial charge in [-0.3, -0.25) is 4.90 Å². The summed E-state index contributed by atoms with van der Waals surface area (Å²) in [6.45, 7) is 7.03. The van der Waals surface area contributed by atoms with Crippen LogP contribution >= 0.6 is 15.9 Å². The minimum Gasteiger partial charge on any atom is -0.322 e. The summed E-state index contributed by atoms with van der Waals surface area (Å²) in [5, 5.41) is 0. The lowest BCUT2D eigenvalue weighted by Gasteiger charge is -2.22. The second-order valence-electron chi connectivity index (χ2n) is 5.51. The van der Waals surface area contributed by atoms with Crippen molar-refractivity contribution in [3.8, 4) is 0 Å². The molecule has 1 unspecified atom stereocenters. The summed E-state index contributed by atoms with van der Waals surface area (Å²) in [5.74, 6) is 0.809. The van der Waals surface area contributed by atoms with Gasteiger partial charge in [-0.1, -0.05) is 6.92 Å². The molecule has 0 saturated carbocycles. The van der Waals surface area contributed by atoms with E-state index in [0.29, 0.717) is 0 Å². The molecule has 0 spiro atoms. The third-order valence-electron chi connectivity index (χ3n) is 4.07. The van der Waals surface area contributed by atoms with E-state index in [-0.39, 0.29) is 0 Å². The molecular formula is C13H20BrN3. The lowest BCUT2D eigenvalue weighted by molar-refractivity contribution is 0.323. The highest BCUT2D eigenvalue weighted by atomic mass is 79.9. The third-order valence-corrected chi connectivity index (χ3v) is 4.67. The van der Waals surface area contributed by atoms with Crippen molar-refractivity contribution in [3.05, 3.63) is 16.1 Å². The standard InChI is InChI=1S/C13H20BrN3/c1-10-4-7-17-12(8-10)11(15-13(17)14)9-16-5-2-3-6-16/h10H,2-9H2,1H3. The predicted molar refractivity (Wildman–Crippen MR) is 71.9 cm³/mol. The van der Waals surface area contributed by atoms with Crippen LogP contribution in [0.25, 0.3) is 0 Å². The van der Waals surface area contributed by atoms with Crippen LogP contribution in [-0.4, -0.2) is 27.5 Å². The van der Waals surface area contributed by atoms with Crippen molar-refractivity contribution in [3.63, 3.8) is 0 Å². The zero-order chi connectivity index (χ0) is 11.8. The molecule has 94 valence electrons. The van der Waals surface area contributed by atoms with Crippen molar-refractivity contribution in [1.82, 2.24) is 14.5 Å². The molecule has 3 rings (SSSR count). The Kier molecular flexibility index (Phi) is 3.26. The van der Waals surface area contributed by atoms with Crippen LogP contribution in [0.15, 0.2) is 4.73 Å². The van der Waals surface area contributed by atoms with E-state index in [1.165, 1.54) is 50.2 Å². The molecule has 2 aliphatic heterocycles. The summed E-state index contributed by atoms with van der Waals surface area (Å²) in [6, 6.07) is 0. The number of hydrogen-bond acceptors (Lipinski definition) is 2. The van der Waals surface area contributed by atoms with Crippen LogP contribution in [0.3, 0.4) is 0 Å². The molecule has 0 aromatic carbocycles. The molecular weight excluding hydrogens is 278 g/mol. The van der Waals surface area contributed by atoms with Gasteiger partial charge < -0.3 is 4.57 Å². The van der Waals surface area contributed by atoms with Gasteiger partial charge in [0, 0.05) is 18.8 Å². The largest absolute Gasteiger partial charge is 0.322 e. The van der Waals surface area contributed by atoms with Crippen molar-refractivity contribution >= 4 is 15.9 Å². The number of halogens is 1. The van der Waals surface area contributed by atoms with Crippen LogP contribution in [0.1, 0.15) is 37.6 Å². The van der Waals surface area contributed by atoms with Crippen molar-refractivity contribution in [2.75, 3.05) is 13.1 Å². The Hall–Kier alpha value is -0.350. The minimum atomic E-state index is 0.809. The summed E-state index contributed by atoms with van der Waals surface area (Å²) in [6.07, 6.45) is 5.19. The molecule has 4 heteroatoms. The van der Waals surface area contributed by atoms with Crippen molar-refractivity contribution in [1.29, 1.82) is 0 Å². The van der Waals surface area contributed by atoms with E-state index >= 15 is 0 Å². The first-order chi connectivity index (χ1) is 8.24. The van der Waals surface area contributed by atoms with E-state index in [9.17, 15) is 0 Å². The molecule has 1 atom stereocenters. The first-order valence-corrected chi connectivity index (χ1v) is 7.49. The van der Waals surface area contributed by atoms with Crippen molar-refractivity contribution < 1.29 is 0 Å². The smallest absolute Gasteiger partial charge is 0.177 e. The fourth-order valence-corrected chi connectivity index (χ4v) is 3.62. The van der Waals surface area contributed by atoms with E-state index in [2.05, 4.69) is 32.3 Å². The summed E-state index contributed by atoms with van der Waals surface area (Å²) in [4.78, 5) is 7.26. The van der Waals surface area contributed by atoms with Gasteiger partial charge in [0.15, 0.2) is 4.73 Å². The number of hydrogen-bond donors (Lipinski definition) is 0. The molecule has 3 nitrogen and oxygen atoms in total. The molecule has 1 aromatic rings. The SMILES string of the molecule is CC1CCn2c(Br)nc(CN3CCCC3)c2C1. The van der Waals surface area contributed by atoms with Crippen molar-refractivity contribution in [2.45, 2.75) is 45.7 Å². The van der Waals surface area contributed by atoms with E-state index < -0.39 is 0 Å². The molecule has 1 saturated heterocycles. The van der Waals surface area contributed by atoms with Gasteiger partial charge in [0.2, 0.25) is 0 Å². The highest BCUT2D eigenvalue weighted by molar-refractivity contribution is 9.10. The number of fused-ring (bicyclic) bond motifs is 1. The van der Waals surface area contributed by atoms with E-state index in [1.807, 2.05) is 0 Å². The molecule has 3 heterocycles. The number of likely N-dealkylation sites (tertiary alicyclic amines) is 1. The molecule has 2 aliphatic rings. The number of imidazole rings is 1. The molecule has 1 aromatic heterocycles. The van der Waals surface area contributed by atoms with Gasteiger partial charge in [0.05, 0.1) is 5.69 Å². The van der Waals surface area contributed by atoms with Gasteiger partial charge in [0.25, 0.3) is 0 Å². The van der Waals surface area contributed by atoms with Crippen LogP contribution in [0.5, 0.6) is 0 Å². The summed E-state index contributed by atoms with van der Waals surface area (Å²) >= 11 is 3.61. The average Bonchev–Trinajstić information content (AvgIpc) is 2.89. The number of rotatable bonds is 2. The van der Waals surface area contributed by atoms with Crippen LogP contribution in [0, 0.1) is 5.92 Å². The third kappa shape index (κ3) is 2.29. The predicted octanol–water partition coefficient (Wildman–Crippen LogP) is 2.82. The Morgan fingerprint density at radius 2 is 2.06 bits per heavy atom. The monoisotopic (exact) mass is 297 g/mol. The highest BCUT2D eigenvalue weighted by Gasteiger charge is 2.24. The van der Waals surface area contributed by atoms with Crippen LogP contribution in [-0.2, 0) is 19.5 Å². The van der Waals surface area contributed by atoms with Crippen LogP contribution in [0.4, 0.5) is 0 Å². The highest BCUT2D eigenvalue weighted by Crippen LogP contribution is 2.28. The van der Waals surface area contributed by atoms with E-state index in [4.69, 9.17) is 4.98 Å². The van der Waals surface area contributed by atoms with Gasteiger partial charge in [-0.25, -0.2) is 4.98 Å². The van der Waals surface area contributed by atoms with Crippen LogP contribution < -0.4 is 0 Å². The van der Waals surface area contributed by atoms with Crippen molar-refractivity contribution in [2.24, 2.45) is 5.92 Å². The molecule has 17 heavy (non-hydrogen) atoms. The molecule has 0 N–H and O–H groups in total. The van der Waals surface area contributed by atoms with Gasteiger partial charge >= 0.3 is 0 Å². The Labute approximate surface area is 111 Å². The fourth-order valence-electron chi connectivity index (χ4n) is 3.02. The maximum Gasteiger partial charge on any atom is 0.177 e. The van der Waals surface area contributed by atoms with Gasteiger partial charge in [-0.15, -0.1) is 0 Å². The second kappa shape index (κ2) is 4.73. The Morgan fingerprint density at radius 3 is 2.82 bits per heavy atom.